The van der Waals surface area contributed by atoms with Crippen LogP contribution in [-0.2, 0) is 0 Å². The molecule has 1 aromatic carbocycles. The fourth-order valence-corrected chi connectivity index (χ4v) is 3.05. The highest BCUT2D eigenvalue weighted by Crippen LogP contribution is 2.29. The van der Waals surface area contributed by atoms with Crippen molar-refractivity contribution in [2.45, 2.75) is 45.1 Å². The first-order valence-corrected chi connectivity index (χ1v) is 7.48. The number of ether oxygens (including phenoxy) is 1. The molecular formula is C17H22N2O. The Labute approximate surface area is 120 Å². The van der Waals surface area contributed by atoms with Crippen LogP contribution in [0.2, 0.25) is 0 Å². The summed E-state index contributed by atoms with van der Waals surface area (Å²) in [6, 6.07) is 8.88. The Morgan fingerprint density at radius 3 is 2.70 bits per heavy atom. The van der Waals surface area contributed by atoms with E-state index in [-0.39, 0.29) is 0 Å². The van der Waals surface area contributed by atoms with Crippen LogP contribution in [0, 0.1) is 6.92 Å². The first kappa shape index (κ1) is 13.2. The Balaban J connectivity index is 1.96. The smallest absolute Gasteiger partial charge is 0.121 e. The Morgan fingerprint density at radius 1 is 1.15 bits per heavy atom. The van der Waals surface area contributed by atoms with Gasteiger partial charge in [0.15, 0.2) is 0 Å². The van der Waals surface area contributed by atoms with E-state index in [9.17, 15) is 0 Å². The number of methoxy groups -OCH3 is 1. The maximum Gasteiger partial charge on any atom is 0.121 e. The fourth-order valence-electron chi connectivity index (χ4n) is 3.05. The molecule has 0 saturated heterocycles. The maximum absolute atomic E-state index is 5.29. The lowest BCUT2D eigenvalue weighted by Gasteiger charge is -2.24. The molecule has 3 rings (SSSR count). The number of aryl methyl sites for hydroxylation is 1. The predicted octanol–water partition coefficient (Wildman–Crippen LogP) is 4.30. The Bertz CT molecular complexity index is 603. The third-order valence-electron chi connectivity index (χ3n) is 4.11. The second-order valence-electron chi connectivity index (χ2n) is 5.67. The van der Waals surface area contributed by atoms with Crippen LogP contribution in [0.25, 0.3) is 10.9 Å². The number of benzene rings is 1. The van der Waals surface area contributed by atoms with Gasteiger partial charge in [-0.1, -0.05) is 19.3 Å². The number of aromatic nitrogens is 1. The zero-order chi connectivity index (χ0) is 13.9. The Morgan fingerprint density at radius 2 is 1.95 bits per heavy atom. The number of nitrogens with one attached hydrogen (secondary N) is 1. The molecule has 1 N–H and O–H groups in total. The number of anilines is 1. The van der Waals surface area contributed by atoms with Gasteiger partial charge in [0.25, 0.3) is 0 Å². The minimum absolute atomic E-state index is 0.607. The van der Waals surface area contributed by atoms with Gasteiger partial charge in [-0.15, -0.1) is 0 Å². The SMILES string of the molecule is COc1ccc2c(NC3CCCCC3)cc(C)nc2c1. The normalized spacial score (nSPS) is 16.3. The van der Waals surface area contributed by atoms with Gasteiger partial charge in [0.05, 0.1) is 12.6 Å². The van der Waals surface area contributed by atoms with Gasteiger partial charge in [-0.3, -0.25) is 4.98 Å². The van der Waals surface area contributed by atoms with E-state index in [4.69, 9.17) is 4.74 Å². The molecule has 1 saturated carbocycles. The Hall–Kier alpha value is -1.77. The molecule has 0 bridgehead atoms. The molecule has 0 spiro atoms. The zero-order valence-corrected chi connectivity index (χ0v) is 12.3. The zero-order valence-electron chi connectivity index (χ0n) is 12.3. The molecule has 2 aromatic rings. The second kappa shape index (κ2) is 5.70. The molecule has 0 aliphatic heterocycles. The van der Waals surface area contributed by atoms with E-state index < -0.39 is 0 Å². The second-order valence-corrected chi connectivity index (χ2v) is 5.67. The number of pyridine rings is 1. The summed E-state index contributed by atoms with van der Waals surface area (Å²) in [6.45, 7) is 2.05. The summed E-state index contributed by atoms with van der Waals surface area (Å²) in [4.78, 5) is 4.62. The van der Waals surface area contributed by atoms with E-state index >= 15 is 0 Å². The molecule has 3 nitrogen and oxygen atoms in total. The summed E-state index contributed by atoms with van der Waals surface area (Å²) >= 11 is 0. The van der Waals surface area contributed by atoms with Crippen LogP contribution >= 0.6 is 0 Å². The molecule has 1 heterocycles. The van der Waals surface area contributed by atoms with Crippen LogP contribution in [0.5, 0.6) is 5.75 Å². The molecule has 0 unspecified atom stereocenters. The molecule has 1 aromatic heterocycles. The summed E-state index contributed by atoms with van der Waals surface area (Å²) in [5.74, 6) is 0.860. The first-order chi connectivity index (χ1) is 9.76. The van der Waals surface area contributed by atoms with Crippen LogP contribution < -0.4 is 10.1 Å². The summed E-state index contributed by atoms with van der Waals surface area (Å²) in [7, 11) is 1.69. The third kappa shape index (κ3) is 2.72. The van der Waals surface area contributed by atoms with Crippen LogP contribution in [0.4, 0.5) is 5.69 Å². The lowest BCUT2D eigenvalue weighted by atomic mass is 9.95. The van der Waals surface area contributed by atoms with Gasteiger partial charge in [-0.05, 0) is 38.0 Å². The van der Waals surface area contributed by atoms with Crippen LogP contribution in [0.15, 0.2) is 24.3 Å². The van der Waals surface area contributed by atoms with Gasteiger partial charge < -0.3 is 10.1 Å². The maximum atomic E-state index is 5.29. The van der Waals surface area contributed by atoms with Crippen molar-refractivity contribution < 1.29 is 4.74 Å². The molecule has 0 amide bonds. The van der Waals surface area contributed by atoms with Crippen molar-refractivity contribution in [2.75, 3.05) is 12.4 Å². The van der Waals surface area contributed by atoms with Crippen molar-refractivity contribution >= 4 is 16.6 Å². The van der Waals surface area contributed by atoms with E-state index in [1.54, 1.807) is 7.11 Å². The van der Waals surface area contributed by atoms with Crippen molar-refractivity contribution in [3.8, 4) is 5.75 Å². The van der Waals surface area contributed by atoms with Gasteiger partial charge in [0, 0.05) is 28.9 Å². The molecule has 106 valence electrons. The average molecular weight is 270 g/mol. The molecule has 1 fully saturated rings. The van der Waals surface area contributed by atoms with Crippen molar-refractivity contribution in [1.29, 1.82) is 0 Å². The van der Waals surface area contributed by atoms with Crippen molar-refractivity contribution in [2.24, 2.45) is 0 Å². The van der Waals surface area contributed by atoms with Gasteiger partial charge in [-0.2, -0.15) is 0 Å². The standard InChI is InChI=1S/C17H22N2O/c1-12-10-16(19-13-6-4-3-5-7-13)15-9-8-14(20-2)11-17(15)18-12/h8-11,13H,3-7H2,1-2H3,(H,18,19). The van der Waals surface area contributed by atoms with E-state index in [2.05, 4.69) is 22.4 Å². The van der Waals surface area contributed by atoms with Crippen molar-refractivity contribution in [3.63, 3.8) is 0 Å². The van der Waals surface area contributed by atoms with Gasteiger partial charge >= 0.3 is 0 Å². The minimum Gasteiger partial charge on any atom is -0.497 e. The summed E-state index contributed by atoms with van der Waals surface area (Å²) in [5, 5.41) is 4.90. The van der Waals surface area contributed by atoms with Crippen molar-refractivity contribution in [1.82, 2.24) is 4.98 Å². The van der Waals surface area contributed by atoms with Gasteiger partial charge in [0.2, 0.25) is 0 Å². The molecule has 20 heavy (non-hydrogen) atoms. The van der Waals surface area contributed by atoms with E-state index in [0.29, 0.717) is 6.04 Å². The number of hydrogen-bond acceptors (Lipinski definition) is 3. The monoisotopic (exact) mass is 270 g/mol. The molecule has 0 radical (unpaired) electrons. The van der Waals surface area contributed by atoms with E-state index in [1.807, 2.05) is 19.1 Å². The minimum atomic E-state index is 0.607. The van der Waals surface area contributed by atoms with Crippen LogP contribution in [0.3, 0.4) is 0 Å². The quantitative estimate of drug-likeness (QED) is 0.903. The third-order valence-corrected chi connectivity index (χ3v) is 4.11. The highest BCUT2D eigenvalue weighted by molar-refractivity contribution is 5.92. The summed E-state index contributed by atoms with van der Waals surface area (Å²) < 4.78 is 5.29. The Kier molecular flexibility index (Phi) is 3.77. The highest BCUT2D eigenvalue weighted by atomic mass is 16.5. The molecular weight excluding hydrogens is 248 g/mol. The molecule has 1 aliphatic carbocycles. The first-order valence-electron chi connectivity index (χ1n) is 7.48. The van der Waals surface area contributed by atoms with E-state index in [0.717, 1.165) is 17.0 Å². The number of fused-ring (bicyclic) bond motifs is 1. The molecule has 0 atom stereocenters. The van der Waals surface area contributed by atoms with E-state index in [1.165, 1.54) is 43.2 Å². The topological polar surface area (TPSA) is 34.1 Å². The lowest BCUT2D eigenvalue weighted by Crippen LogP contribution is -2.22. The van der Waals surface area contributed by atoms with Crippen molar-refractivity contribution in [3.05, 3.63) is 30.0 Å². The molecule has 3 heteroatoms. The lowest BCUT2D eigenvalue weighted by molar-refractivity contribution is 0.415. The van der Waals surface area contributed by atoms with Crippen LogP contribution in [0.1, 0.15) is 37.8 Å². The highest BCUT2D eigenvalue weighted by Gasteiger charge is 2.14. The summed E-state index contributed by atoms with van der Waals surface area (Å²) in [5.41, 5.74) is 3.26. The number of hydrogen-bond donors (Lipinski definition) is 1. The van der Waals surface area contributed by atoms with Gasteiger partial charge in [-0.25, -0.2) is 0 Å². The molecule has 1 aliphatic rings. The number of rotatable bonds is 3. The number of nitrogens with zero attached hydrogens (tertiary/aromatic N) is 1. The fraction of sp³-hybridized carbons (Fsp3) is 0.471. The predicted molar refractivity (Wildman–Crippen MR) is 83.5 cm³/mol. The average Bonchev–Trinajstić information content (AvgIpc) is 2.47. The summed E-state index contributed by atoms with van der Waals surface area (Å²) in [6.07, 6.45) is 6.62. The van der Waals surface area contributed by atoms with Crippen LogP contribution in [-0.4, -0.2) is 18.1 Å². The largest absolute Gasteiger partial charge is 0.497 e. The van der Waals surface area contributed by atoms with Gasteiger partial charge in [0.1, 0.15) is 5.75 Å².